The summed E-state index contributed by atoms with van der Waals surface area (Å²) in [7, 11) is 0. The van der Waals surface area contributed by atoms with Crippen LogP contribution in [0.3, 0.4) is 0 Å². The first kappa shape index (κ1) is 17.5. The average Bonchev–Trinajstić information content (AvgIpc) is 3.15. The SMILES string of the molecule is O=C(CCc1ccco1)N1CCN(C(=O)Cc2ccc(Cl)cc2)CC1. The van der Waals surface area contributed by atoms with Crippen LogP contribution in [0.2, 0.25) is 5.02 Å². The van der Waals surface area contributed by atoms with E-state index in [2.05, 4.69) is 0 Å². The smallest absolute Gasteiger partial charge is 0.227 e. The zero-order valence-corrected chi connectivity index (χ0v) is 14.7. The van der Waals surface area contributed by atoms with Crippen LogP contribution in [0, 0.1) is 0 Å². The van der Waals surface area contributed by atoms with Crippen LogP contribution in [0.1, 0.15) is 17.7 Å². The minimum Gasteiger partial charge on any atom is -0.469 e. The molecule has 0 radical (unpaired) electrons. The van der Waals surface area contributed by atoms with Crippen molar-refractivity contribution < 1.29 is 14.0 Å². The number of hydrogen-bond acceptors (Lipinski definition) is 3. The lowest BCUT2D eigenvalue weighted by molar-refractivity contribution is -0.139. The molecule has 0 aliphatic carbocycles. The first-order chi connectivity index (χ1) is 12.1. The lowest BCUT2D eigenvalue weighted by Crippen LogP contribution is -2.51. The van der Waals surface area contributed by atoms with E-state index < -0.39 is 0 Å². The highest BCUT2D eigenvalue weighted by molar-refractivity contribution is 6.30. The summed E-state index contributed by atoms with van der Waals surface area (Å²) in [6.07, 6.45) is 3.03. The van der Waals surface area contributed by atoms with Crippen molar-refractivity contribution in [3.8, 4) is 0 Å². The Morgan fingerprint density at radius 2 is 1.60 bits per heavy atom. The largest absolute Gasteiger partial charge is 0.469 e. The summed E-state index contributed by atoms with van der Waals surface area (Å²) in [4.78, 5) is 28.3. The Labute approximate surface area is 152 Å². The topological polar surface area (TPSA) is 53.8 Å². The minimum absolute atomic E-state index is 0.0880. The summed E-state index contributed by atoms with van der Waals surface area (Å²) in [5.74, 6) is 1.02. The van der Waals surface area contributed by atoms with Gasteiger partial charge in [0.2, 0.25) is 11.8 Å². The molecule has 0 unspecified atom stereocenters. The zero-order valence-electron chi connectivity index (χ0n) is 14.0. The maximum Gasteiger partial charge on any atom is 0.227 e. The van der Waals surface area contributed by atoms with Crippen LogP contribution in [-0.4, -0.2) is 47.8 Å². The highest BCUT2D eigenvalue weighted by Crippen LogP contribution is 2.13. The standard InChI is InChI=1S/C19H21ClN2O3/c20-16-5-3-15(4-6-16)14-19(24)22-11-9-21(10-12-22)18(23)8-7-17-2-1-13-25-17/h1-6,13H,7-12,14H2. The fraction of sp³-hybridized carbons (Fsp3) is 0.368. The maximum atomic E-state index is 12.4. The van der Waals surface area contributed by atoms with E-state index in [0.717, 1.165) is 11.3 Å². The van der Waals surface area contributed by atoms with E-state index in [0.29, 0.717) is 50.5 Å². The van der Waals surface area contributed by atoms with E-state index in [1.165, 1.54) is 0 Å². The maximum absolute atomic E-state index is 12.4. The van der Waals surface area contributed by atoms with Gasteiger partial charge in [0.05, 0.1) is 12.7 Å². The van der Waals surface area contributed by atoms with Gasteiger partial charge in [-0.1, -0.05) is 23.7 Å². The molecule has 2 heterocycles. The molecule has 1 aliphatic heterocycles. The Morgan fingerprint density at radius 1 is 0.960 bits per heavy atom. The molecule has 25 heavy (non-hydrogen) atoms. The number of carbonyl (C=O) groups excluding carboxylic acids is 2. The molecule has 0 atom stereocenters. The summed E-state index contributed by atoms with van der Waals surface area (Å²) in [6, 6.07) is 11.0. The average molecular weight is 361 g/mol. The third-order valence-electron chi connectivity index (χ3n) is 4.42. The van der Waals surface area contributed by atoms with E-state index in [4.69, 9.17) is 16.0 Å². The van der Waals surface area contributed by atoms with Crippen molar-refractivity contribution in [2.45, 2.75) is 19.3 Å². The number of furan rings is 1. The predicted molar refractivity (Wildman–Crippen MR) is 95.3 cm³/mol. The van der Waals surface area contributed by atoms with Gasteiger partial charge in [0.25, 0.3) is 0 Å². The second-order valence-corrected chi connectivity index (χ2v) is 6.58. The number of benzene rings is 1. The Kier molecular flexibility index (Phi) is 5.76. The monoisotopic (exact) mass is 360 g/mol. The molecule has 0 bridgehead atoms. The molecule has 0 spiro atoms. The van der Waals surface area contributed by atoms with Gasteiger partial charge in [-0.3, -0.25) is 9.59 Å². The molecular formula is C19H21ClN2O3. The second kappa shape index (κ2) is 8.21. The lowest BCUT2D eigenvalue weighted by Gasteiger charge is -2.35. The summed E-state index contributed by atoms with van der Waals surface area (Å²) in [5.41, 5.74) is 0.950. The molecule has 3 rings (SSSR count). The molecule has 1 aliphatic rings. The summed E-state index contributed by atoms with van der Waals surface area (Å²) in [5, 5.41) is 0.665. The van der Waals surface area contributed by atoms with Crippen LogP contribution in [0.4, 0.5) is 0 Å². The first-order valence-electron chi connectivity index (χ1n) is 8.44. The third-order valence-corrected chi connectivity index (χ3v) is 4.67. The normalized spacial score (nSPS) is 14.6. The minimum atomic E-state index is 0.0880. The molecule has 2 aromatic rings. The Morgan fingerprint density at radius 3 is 2.20 bits per heavy atom. The molecule has 0 N–H and O–H groups in total. The zero-order chi connectivity index (χ0) is 17.6. The van der Waals surface area contributed by atoms with Gasteiger partial charge in [0, 0.05) is 44.0 Å². The molecule has 132 valence electrons. The van der Waals surface area contributed by atoms with Crippen LogP contribution in [0.5, 0.6) is 0 Å². The van der Waals surface area contributed by atoms with Gasteiger partial charge in [-0.2, -0.15) is 0 Å². The van der Waals surface area contributed by atoms with Crippen molar-refractivity contribution in [3.63, 3.8) is 0 Å². The van der Waals surface area contributed by atoms with E-state index >= 15 is 0 Å². The van der Waals surface area contributed by atoms with Crippen molar-refractivity contribution in [1.82, 2.24) is 9.80 Å². The molecule has 6 heteroatoms. The first-order valence-corrected chi connectivity index (χ1v) is 8.82. The molecule has 1 aromatic carbocycles. The molecule has 1 saturated heterocycles. The van der Waals surface area contributed by atoms with Gasteiger partial charge in [-0.25, -0.2) is 0 Å². The van der Waals surface area contributed by atoms with E-state index in [1.807, 2.05) is 34.1 Å². The van der Waals surface area contributed by atoms with E-state index in [1.54, 1.807) is 18.4 Å². The molecule has 1 fully saturated rings. The van der Waals surface area contributed by atoms with Crippen molar-refractivity contribution in [3.05, 3.63) is 59.0 Å². The van der Waals surface area contributed by atoms with Gasteiger partial charge < -0.3 is 14.2 Å². The number of carbonyl (C=O) groups is 2. The van der Waals surface area contributed by atoms with E-state index in [-0.39, 0.29) is 11.8 Å². The van der Waals surface area contributed by atoms with Crippen molar-refractivity contribution in [2.24, 2.45) is 0 Å². The number of aryl methyl sites for hydroxylation is 1. The molecular weight excluding hydrogens is 340 g/mol. The number of nitrogens with zero attached hydrogens (tertiary/aromatic N) is 2. The van der Waals surface area contributed by atoms with Crippen LogP contribution >= 0.6 is 11.6 Å². The van der Waals surface area contributed by atoms with Crippen LogP contribution in [-0.2, 0) is 22.4 Å². The van der Waals surface area contributed by atoms with Gasteiger partial charge in [0.1, 0.15) is 5.76 Å². The second-order valence-electron chi connectivity index (χ2n) is 6.14. The van der Waals surface area contributed by atoms with Gasteiger partial charge in [-0.05, 0) is 29.8 Å². The van der Waals surface area contributed by atoms with Crippen LogP contribution < -0.4 is 0 Å². The fourth-order valence-electron chi connectivity index (χ4n) is 2.94. The number of piperazine rings is 1. The molecule has 2 amide bonds. The highest BCUT2D eigenvalue weighted by atomic mass is 35.5. The quantitative estimate of drug-likeness (QED) is 0.823. The summed E-state index contributed by atoms with van der Waals surface area (Å²) in [6.45, 7) is 2.34. The predicted octanol–water partition coefficient (Wildman–Crippen LogP) is 2.78. The Balaban J connectivity index is 1.43. The molecule has 1 aromatic heterocycles. The van der Waals surface area contributed by atoms with Gasteiger partial charge >= 0.3 is 0 Å². The third kappa shape index (κ3) is 4.86. The van der Waals surface area contributed by atoms with Crippen molar-refractivity contribution >= 4 is 23.4 Å². The number of rotatable bonds is 5. The molecule has 5 nitrogen and oxygen atoms in total. The highest BCUT2D eigenvalue weighted by Gasteiger charge is 2.24. The van der Waals surface area contributed by atoms with Gasteiger partial charge in [0.15, 0.2) is 0 Å². The molecule has 0 saturated carbocycles. The van der Waals surface area contributed by atoms with Crippen LogP contribution in [0.15, 0.2) is 47.1 Å². The fourth-order valence-corrected chi connectivity index (χ4v) is 3.06. The van der Waals surface area contributed by atoms with Crippen molar-refractivity contribution in [2.75, 3.05) is 26.2 Å². The number of amides is 2. The number of halogens is 1. The van der Waals surface area contributed by atoms with Gasteiger partial charge in [-0.15, -0.1) is 0 Å². The Bertz CT molecular complexity index is 705. The summed E-state index contributed by atoms with van der Waals surface area (Å²) >= 11 is 5.86. The van der Waals surface area contributed by atoms with E-state index in [9.17, 15) is 9.59 Å². The number of hydrogen-bond donors (Lipinski definition) is 0. The Hall–Kier alpha value is -2.27. The van der Waals surface area contributed by atoms with Crippen LogP contribution in [0.25, 0.3) is 0 Å². The van der Waals surface area contributed by atoms with Crippen molar-refractivity contribution in [1.29, 1.82) is 0 Å². The summed E-state index contributed by atoms with van der Waals surface area (Å²) < 4.78 is 5.25. The lowest BCUT2D eigenvalue weighted by atomic mass is 10.1.